The Kier molecular flexibility index (Phi) is 8.01. The summed E-state index contributed by atoms with van der Waals surface area (Å²) in [6.45, 7) is 4.18. The van der Waals surface area contributed by atoms with Crippen LogP contribution < -0.4 is 10.6 Å². The summed E-state index contributed by atoms with van der Waals surface area (Å²) in [5, 5.41) is 6.38. The van der Waals surface area contributed by atoms with Crippen molar-refractivity contribution in [1.29, 1.82) is 0 Å². The average Bonchev–Trinajstić information content (AvgIpc) is 2.37. The molecule has 0 unspecified atom stereocenters. The summed E-state index contributed by atoms with van der Waals surface area (Å²) in [5.41, 5.74) is 0. The molecule has 1 saturated heterocycles. The number of carbonyl (C=O) groups excluding carboxylic acids is 1. The summed E-state index contributed by atoms with van der Waals surface area (Å²) in [6, 6.07) is 0. The Bertz CT molecular complexity index is 225. The zero-order chi connectivity index (χ0) is 13.2. The molecule has 1 amide bonds. The Morgan fingerprint density at radius 3 is 2.67 bits per heavy atom. The van der Waals surface area contributed by atoms with Gasteiger partial charge in [0.15, 0.2) is 0 Å². The first-order valence-electron chi connectivity index (χ1n) is 7.30. The van der Waals surface area contributed by atoms with Crippen molar-refractivity contribution in [3.05, 3.63) is 0 Å². The highest BCUT2D eigenvalue weighted by atomic mass is 16.1. The number of piperidine rings is 1. The maximum Gasteiger partial charge on any atom is 0.220 e. The van der Waals surface area contributed by atoms with Crippen LogP contribution in [-0.4, -0.2) is 51.1 Å². The molecule has 0 aromatic carbocycles. The van der Waals surface area contributed by atoms with Gasteiger partial charge in [0.25, 0.3) is 0 Å². The van der Waals surface area contributed by atoms with Gasteiger partial charge in [-0.15, -0.1) is 0 Å². The van der Waals surface area contributed by atoms with Gasteiger partial charge < -0.3 is 15.5 Å². The molecular weight excluding hydrogens is 226 g/mol. The van der Waals surface area contributed by atoms with Gasteiger partial charge in [-0.05, 0) is 71.8 Å². The van der Waals surface area contributed by atoms with E-state index in [1.807, 2.05) is 0 Å². The zero-order valence-electron chi connectivity index (χ0n) is 12.0. The first-order chi connectivity index (χ1) is 8.68. The van der Waals surface area contributed by atoms with Gasteiger partial charge in [-0.3, -0.25) is 4.79 Å². The molecule has 1 fully saturated rings. The first-order valence-corrected chi connectivity index (χ1v) is 7.30. The number of carbonyl (C=O) groups is 1. The molecule has 2 N–H and O–H groups in total. The van der Waals surface area contributed by atoms with E-state index in [2.05, 4.69) is 29.6 Å². The molecule has 4 heteroatoms. The maximum atomic E-state index is 11.6. The molecule has 18 heavy (non-hydrogen) atoms. The number of amides is 1. The summed E-state index contributed by atoms with van der Waals surface area (Å²) in [4.78, 5) is 13.8. The van der Waals surface area contributed by atoms with E-state index in [0.29, 0.717) is 6.42 Å². The van der Waals surface area contributed by atoms with Crippen LogP contribution in [0.25, 0.3) is 0 Å². The van der Waals surface area contributed by atoms with Gasteiger partial charge in [0.05, 0.1) is 0 Å². The Hall–Kier alpha value is -0.610. The normalized spacial score (nSPS) is 17.1. The molecule has 0 atom stereocenters. The molecule has 106 valence electrons. The number of nitrogens with one attached hydrogen (secondary N) is 2. The van der Waals surface area contributed by atoms with E-state index in [-0.39, 0.29) is 5.91 Å². The molecule has 1 rings (SSSR count). The number of hydrogen-bond acceptors (Lipinski definition) is 3. The number of rotatable bonds is 8. The lowest BCUT2D eigenvalue weighted by molar-refractivity contribution is -0.121. The molecule has 0 saturated carbocycles. The lowest BCUT2D eigenvalue weighted by Crippen LogP contribution is -2.29. The van der Waals surface area contributed by atoms with Crippen LogP contribution in [0.3, 0.4) is 0 Å². The summed E-state index contributed by atoms with van der Waals surface area (Å²) >= 11 is 0. The van der Waals surface area contributed by atoms with Crippen molar-refractivity contribution in [3.8, 4) is 0 Å². The predicted octanol–water partition coefficient (Wildman–Crippen LogP) is 1.22. The van der Waals surface area contributed by atoms with E-state index in [4.69, 9.17) is 0 Å². The van der Waals surface area contributed by atoms with E-state index in [1.54, 1.807) is 0 Å². The second-order valence-corrected chi connectivity index (χ2v) is 5.59. The molecule has 0 radical (unpaired) electrons. The third-order valence-corrected chi connectivity index (χ3v) is 3.59. The first kappa shape index (κ1) is 15.4. The Morgan fingerprint density at radius 1 is 1.28 bits per heavy atom. The van der Waals surface area contributed by atoms with Gasteiger partial charge in [0.2, 0.25) is 5.91 Å². The van der Waals surface area contributed by atoms with Gasteiger partial charge in [-0.1, -0.05) is 0 Å². The highest BCUT2D eigenvalue weighted by Crippen LogP contribution is 2.17. The summed E-state index contributed by atoms with van der Waals surface area (Å²) in [5.74, 6) is 0.990. The Morgan fingerprint density at radius 2 is 2.00 bits per heavy atom. The third-order valence-electron chi connectivity index (χ3n) is 3.59. The third kappa shape index (κ3) is 7.67. The van der Waals surface area contributed by atoms with Gasteiger partial charge in [0.1, 0.15) is 0 Å². The summed E-state index contributed by atoms with van der Waals surface area (Å²) in [7, 11) is 4.16. The smallest absolute Gasteiger partial charge is 0.220 e. The summed E-state index contributed by atoms with van der Waals surface area (Å²) in [6.07, 6.45) is 6.47. The zero-order valence-corrected chi connectivity index (χ0v) is 12.0. The van der Waals surface area contributed by atoms with Gasteiger partial charge in [-0.2, -0.15) is 0 Å². The maximum absolute atomic E-state index is 11.6. The number of hydrogen-bond donors (Lipinski definition) is 2. The largest absolute Gasteiger partial charge is 0.356 e. The van der Waals surface area contributed by atoms with Gasteiger partial charge in [0, 0.05) is 13.0 Å². The molecule has 0 aliphatic carbocycles. The van der Waals surface area contributed by atoms with Crippen LogP contribution in [0.1, 0.15) is 38.5 Å². The summed E-state index contributed by atoms with van der Waals surface area (Å²) < 4.78 is 0. The van der Waals surface area contributed by atoms with E-state index >= 15 is 0 Å². The van der Waals surface area contributed by atoms with Crippen molar-refractivity contribution in [1.82, 2.24) is 15.5 Å². The number of nitrogens with zero attached hydrogens (tertiary/aromatic N) is 1. The molecule has 0 bridgehead atoms. The van der Waals surface area contributed by atoms with E-state index < -0.39 is 0 Å². The van der Waals surface area contributed by atoms with Crippen molar-refractivity contribution < 1.29 is 4.79 Å². The van der Waals surface area contributed by atoms with Crippen molar-refractivity contribution >= 4 is 5.91 Å². The van der Waals surface area contributed by atoms with E-state index in [1.165, 1.54) is 12.8 Å². The van der Waals surface area contributed by atoms with Crippen LogP contribution in [0.2, 0.25) is 0 Å². The molecular formula is C14H29N3O. The van der Waals surface area contributed by atoms with Crippen molar-refractivity contribution in [3.63, 3.8) is 0 Å². The molecule has 0 spiro atoms. The molecule has 1 aliphatic heterocycles. The van der Waals surface area contributed by atoms with Crippen LogP contribution in [-0.2, 0) is 4.79 Å². The highest BCUT2D eigenvalue weighted by molar-refractivity contribution is 5.75. The fourth-order valence-corrected chi connectivity index (χ4v) is 2.37. The van der Waals surface area contributed by atoms with Crippen LogP contribution in [0, 0.1) is 5.92 Å². The lowest BCUT2D eigenvalue weighted by atomic mass is 9.93. The standard InChI is InChI=1S/C14H29N3O/c1-17(2)12-4-3-9-16-14(18)6-5-13-7-10-15-11-8-13/h13,15H,3-12H2,1-2H3,(H,16,18). The quantitative estimate of drug-likeness (QED) is 0.641. The van der Waals surface area contributed by atoms with Crippen LogP contribution >= 0.6 is 0 Å². The lowest BCUT2D eigenvalue weighted by Gasteiger charge is -2.22. The molecule has 1 heterocycles. The van der Waals surface area contributed by atoms with Gasteiger partial charge in [-0.25, -0.2) is 0 Å². The second kappa shape index (κ2) is 9.34. The fraction of sp³-hybridized carbons (Fsp3) is 0.929. The Balaban J connectivity index is 1.93. The monoisotopic (exact) mass is 255 g/mol. The van der Waals surface area contributed by atoms with E-state index in [9.17, 15) is 4.79 Å². The minimum atomic E-state index is 0.235. The van der Waals surface area contributed by atoms with Crippen LogP contribution in [0.15, 0.2) is 0 Å². The second-order valence-electron chi connectivity index (χ2n) is 5.59. The Labute approximate surface area is 111 Å². The highest BCUT2D eigenvalue weighted by Gasteiger charge is 2.14. The van der Waals surface area contributed by atoms with E-state index in [0.717, 1.165) is 51.4 Å². The predicted molar refractivity (Wildman–Crippen MR) is 75.6 cm³/mol. The van der Waals surface area contributed by atoms with Crippen molar-refractivity contribution in [2.75, 3.05) is 40.3 Å². The fourth-order valence-electron chi connectivity index (χ4n) is 2.37. The SMILES string of the molecule is CN(C)CCCCNC(=O)CCC1CCNCC1. The molecule has 0 aromatic rings. The average molecular weight is 255 g/mol. The van der Waals surface area contributed by atoms with Gasteiger partial charge >= 0.3 is 0 Å². The molecule has 4 nitrogen and oxygen atoms in total. The van der Waals surface area contributed by atoms with Crippen molar-refractivity contribution in [2.45, 2.75) is 38.5 Å². The molecule has 1 aliphatic rings. The minimum absolute atomic E-state index is 0.235. The topological polar surface area (TPSA) is 44.4 Å². The van der Waals surface area contributed by atoms with Crippen molar-refractivity contribution in [2.24, 2.45) is 5.92 Å². The molecule has 0 aromatic heterocycles. The minimum Gasteiger partial charge on any atom is -0.356 e. The van der Waals surface area contributed by atoms with Crippen LogP contribution in [0.5, 0.6) is 0 Å². The van der Waals surface area contributed by atoms with Crippen LogP contribution in [0.4, 0.5) is 0 Å². The number of unbranched alkanes of at least 4 members (excludes halogenated alkanes) is 1.